The summed E-state index contributed by atoms with van der Waals surface area (Å²) in [6.45, 7) is 11.0. The monoisotopic (exact) mass is 633 g/mol. The van der Waals surface area contributed by atoms with E-state index in [1.54, 1.807) is 45.0 Å². The predicted octanol–water partition coefficient (Wildman–Crippen LogP) is 5.71. The summed E-state index contributed by atoms with van der Waals surface area (Å²) >= 11 is 20.2. The molecule has 0 radical (unpaired) electrons. The third kappa shape index (κ3) is 6.22. The van der Waals surface area contributed by atoms with Crippen LogP contribution < -0.4 is 5.56 Å². The molecule has 4 aromatic rings. The van der Waals surface area contributed by atoms with Gasteiger partial charge >= 0.3 is 0 Å². The van der Waals surface area contributed by atoms with E-state index in [0.29, 0.717) is 65.0 Å². The normalized spacial score (nSPS) is 14.7. The van der Waals surface area contributed by atoms with Gasteiger partial charge in [-0.15, -0.1) is 16.4 Å². The van der Waals surface area contributed by atoms with E-state index in [0.717, 1.165) is 16.4 Å². The number of piperazine rings is 1. The van der Waals surface area contributed by atoms with Crippen molar-refractivity contribution in [1.29, 1.82) is 0 Å². The van der Waals surface area contributed by atoms with Crippen molar-refractivity contribution in [2.45, 2.75) is 45.7 Å². The molecule has 0 unspecified atom stereocenters. The van der Waals surface area contributed by atoms with E-state index in [2.05, 4.69) is 47.9 Å². The molecule has 41 heavy (non-hydrogen) atoms. The zero-order valence-corrected chi connectivity index (χ0v) is 26.2. The van der Waals surface area contributed by atoms with Crippen LogP contribution in [0.1, 0.15) is 60.4 Å². The largest absolute Gasteiger partial charge is 0.336 e. The van der Waals surface area contributed by atoms with E-state index in [1.165, 1.54) is 6.07 Å². The van der Waals surface area contributed by atoms with Crippen LogP contribution in [-0.2, 0) is 12.1 Å². The van der Waals surface area contributed by atoms with Gasteiger partial charge in [-0.3, -0.25) is 14.5 Å². The Bertz CT molecular complexity index is 1640. The fraction of sp³-hybridized carbons (Fsp3) is 0.393. The number of amides is 1. The molecule has 0 aliphatic carbocycles. The molecular weight excluding hydrogens is 605 g/mol. The molecule has 0 N–H and O–H groups in total. The highest BCUT2D eigenvalue weighted by atomic mass is 35.5. The van der Waals surface area contributed by atoms with Gasteiger partial charge in [-0.1, -0.05) is 53.9 Å². The van der Waals surface area contributed by atoms with Gasteiger partial charge in [0.25, 0.3) is 11.5 Å². The fourth-order valence-corrected chi connectivity index (χ4v) is 6.23. The summed E-state index contributed by atoms with van der Waals surface area (Å²) < 4.78 is 3.14. The number of carbonyl (C=O) groups excluding carboxylic acids is 1. The minimum atomic E-state index is -0.453. The fourth-order valence-electron chi connectivity index (χ4n) is 4.78. The third-order valence-corrected chi connectivity index (χ3v) is 9.56. The van der Waals surface area contributed by atoms with Crippen LogP contribution in [0.2, 0.25) is 15.1 Å². The van der Waals surface area contributed by atoms with Crippen molar-refractivity contribution in [3.8, 4) is 5.69 Å². The summed E-state index contributed by atoms with van der Waals surface area (Å²) in [5.41, 5.74) is 2.03. The topological polar surface area (TPSA) is 89.2 Å². The molecule has 0 bridgehead atoms. The maximum absolute atomic E-state index is 13.4. The molecular formula is C28H30Cl3N7O2S. The van der Waals surface area contributed by atoms with E-state index in [1.807, 2.05) is 16.5 Å². The highest BCUT2D eigenvalue weighted by Gasteiger charge is 2.35. The molecule has 4 heterocycles. The van der Waals surface area contributed by atoms with E-state index in [-0.39, 0.29) is 11.5 Å². The number of carbonyl (C=O) groups is 1. The standard InChI is InChI=1S/C28H30Cl3N7O2S/c1-17(2)26-32-19(16-41-26)14-36-13-18(5-6-25(36)39)27(40)35-7-9-37(10-8-35)28(3,4)24-15-38(34-33-24)23-12-21(30)20(29)11-22(23)31/h5-6,11-13,15-17H,7-10,14H2,1-4H3. The number of aromatic nitrogens is 5. The van der Waals surface area contributed by atoms with Crippen LogP contribution in [-0.4, -0.2) is 66.4 Å². The lowest BCUT2D eigenvalue weighted by molar-refractivity contribution is 0.0378. The van der Waals surface area contributed by atoms with Crippen LogP contribution in [0.3, 0.4) is 0 Å². The van der Waals surface area contributed by atoms with E-state index >= 15 is 0 Å². The Morgan fingerprint density at radius 2 is 1.73 bits per heavy atom. The van der Waals surface area contributed by atoms with Gasteiger partial charge in [0.05, 0.1) is 55.3 Å². The summed E-state index contributed by atoms with van der Waals surface area (Å²) in [7, 11) is 0. The Morgan fingerprint density at radius 1 is 1.02 bits per heavy atom. The zero-order valence-electron chi connectivity index (χ0n) is 23.1. The molecule has 0 spiro atoms. The predicted molar refractivity (Wildman–Crippen MR) is 163 cm³/mol. The van der Waals surface area contributed by atoms with Crippen LogP contribution in [0.5, 0.6) is 0 Å². The number of thiazole rings is 1. The van der Waals surface area contributed by atoms with Gasteiger partial charge in [0.1, 0.15) is 5.69 Å². The molecule has 1 saturated heterocycles. The summed E-state index contributed by atoms with van der Waals surface area (Å²) in [6, 6.07) is 6.29. The minimum Gasteiger partial charge on any atom is -0.336 e. The molecule has 1 aliphatic heterocycles. The Labute approximate surface area is 257 Å². The summed E-state index contributed by atoms with van der Waals surface area (Å²) in [4.78, 5) is 34.6. The van der Waals surface area contributed by atoms with Crippen molar-refractivity contribution < 1.29 is 4.79 Å². The van der Waals surface area contributed by atoms with Crippen molar-refractivity contribution in [3.63, 3.8) is 0 Å². The average Bonchev–Trinajstić information content (AvgIpc) is 3.63. The number of pyridine rings is 1. The van der Waals surface area contributed by atoms with E-state index in [9.17, 15) is 9.59 Å². The molecule has 1 aliphatic rings. The van der Waals surface area contributed by atoms with Gasteiger partial charge in [-0.05, 0) is 32.0 Å². The van der Waals surface area contributed by atoms with Crippen molar-refractivity contribution in [1.82, 2.24) is 34.3 Å². The Balaban J connectivity index is 1.25. The second-order valence-corrected chi connectivity index (χ2v) is 12.9. The van der Waals surface area contributed by atoms with Crippen LogP contribution >= 0.6 is 46.1 Å². The van der Waals surface area contributed by atoms with Gasteiger partial charge in [0, 0.05) is 49.7 Å². The number of halogens is 3. The average molecular weight is 635 g/mol. The molecule has 0 saturated carbocycles. The molecule has 216 valence electrons. The first-order valence-corrected chi connectivity index (χ1v) is 15.2. The Morgan fingerprint density at radius 3 is 2.41 bits per heavy atom. The maximum Gasteiger partial charge on any atom is 0.255 e. The van der Waals surface area contributed by atoms with Crippen LogP contribution in [0.25, 0.3) is 5.69 Å². The van der Waals surface area contributed by atoms with E-state index in [4.69, 9.17) is 34.8 Å². The molecule has 1 amide bonds. The molecule has 0 atom stereocenters. The van der Waals surface area contributed by atoms with Gasteiger partial charge < -0.3 is 9.47 Å². The number of benzene rings is 1. The second kappa shape index (κ2) is 11.9. The Hall–Kier alpha value is -2.76. The highest BCUT2D eigenvalue weighted by molar-refractivity contribution is 7.09. The SMILES string of the molecule is CC(C)c1nc(Cn2cc(C(=O)N3CCN(C(C)(C)c4cn(-c5cc(Cl)c(Cl)cc5Cl)nn4)CC3)ccc2=O)cs1. The van der Waals surface area contributed by atoms with Gasteiger partial charge in [0.15, 0.2) is 0 Å². The lowest BCUT2D eigenvalue weighted by atomic mass is 9.97. The van der Waals surface area contributed by atoms with Gasteiger partial charge in [-0.2, -0.15) is 0 Å². The van der Waals surface area contributed by atoms with Gasteiger partial charge in [0.2, 0.25) is 0 Å². The van der Waals surface area contributed by atoms with Crippen molar-refractivity contribution in [2.75, 3.05) is 26.2 Å². The number of hydrogen-bond donors (Lipinski definition) is 0. The molecule has 9 nitrogen and oxygen atoms in total. The molecule has 5 rings (SSSR count). The van der Waals surface area contributed by atoms with Crippen LogP contribution in [0.15, 0.2) is 46.8 Å². The van der Waals surface area contributed by atoms with Crippen molar-refractivity contribution in [3.05, 3.63) is 89.4 Å². The molecule has 3 aromatic heterocycles. The van der Waals surface area contributed by atoms with E-state index < -0.39 is 5.54 Å². The highest BCUT2D eigenvalue weighted by Crippen LogP contribution is 2.33. The second-order valence-electron chi connectivity index (χ2n) is 10.8. The van der Waals surface area contributed by atoms with Gasteiger partial charge in [-0.25, -0.2) is 9.67 Å². The first-order chi connectivity index (χ1) is 19.4. The summed E-state index contributed by atoms with van der Waals surface area (Å²) in [6.07, 6.45) is 3.47. The molecule has 1 aromatic carbocycles. The third-order valence-electron chi connectivity index (χ3n) is 7.34. The lowest BCUT2D eigenvalue weighted by Crippen LogP contribution is -2.54. The number of rotatable bonds is 7. The zero-order chi connectivity index (χ0) is 29.5. The number of hydrogen-bond acceptors (Lipinski definition) is 7. The van der Waals surface area contributed by atoms with Crippen LogP contribution in [0, 0.1) is 0 Å². The van der Waals surface area contributed by atoms with Crippen molar-refractivity contribution >= 4 is 52.0 Å². The minimum absolute atomic E-state index is 0.0995. The first-order valence-electron chi connectivity index (χ1n) is 13.2. The number of nitrogens with zero attached hydrogens (tertiary/aromatic N) is 7. The molecule has 1 fully saturated rings. The Kier molecular flexibility index (Phi) is 8.59. The maximum atomic E-state index is 13.4. The van der Waals surface area contributed by atoms with Crippen LogP contribution in [0.4, 0.5) is 0 Å². The smallest absolute Gasteiger partial charge is 0.255 e. The van der Waals surface area contributed by atoms with Crippen molar-refractivity contribution in [2.24, 2.45) is 0 Å². The quantitative estimate of drug-likeness (QED) is 0.242. The summed E-state index contributed by atoms with van der Waals surface area (Å²) in [5.74, 6) is 0.229. The molecule has 13 heteroatoms. The first kappa shape index (κ1) is 29.7. The lowest BCUT2D eigenvalue weighted by Gasteiger charge is -2.43. The summed E-state index contributed by atoms with van der Waals surface area (Å²) in [5, 5.41) is 12.8.